The van der Waals surface area contributed by atoms with E-state index in [-0.39, 0.29) is 43.6 Å². The lowest BCUT2D eigenvalue weighted by Crippen LogP contribution is -2.29. The fraction of sp³-hybridized carbons (Fsp3) is 0.579. The molecule has 2 N–H and O–H groups in total. The monoisotopic (exact) mass is 331 g/mol. The van der Waals surface area contributed by atoms with Gasteiger partial charge in [-0.3, -0.25) is 9.59 Å². The molecule has 0 aromatic heterocycles. The van der Waals surface area contributed by atoms with Gasteiger partial charge >= 0.3 is 0 Å². The zero-order chi connectivity index (χ0) is 17.1. The molecule has 1 aliphatic carbocycles. The van der Waals surface area contributed by atoms with Crippen LogP contribution in [0, 0.1) is 5.92 Å². The molecule has 2 aliphatic rings. The van der Waals surface area contributed by atoms with Gasteiger partial charge in [0.15, 0.2) is 5.78 Å². The van der Waals surface area contributed by atoms with Gasteiger partial charge in [-0.1, -0.05) is 12.1 Å². The van der Waals surface area contributed by atoms with Crippen LogP contribution < -0.4 is 0 Å². The molecule has 1 aliphatic heterocycles. The van der Waals surface area contributed by atoms with Crippen LogP contribution in [0.25, 0.3) is 0 Å². The number of hydrogen-bond acceptors (Lipinski definition) is 4. The number of aryl methyl sites for hydroxylation is 2. The Morgan fingerprint density at radius 2 is 1.83 bits per heavy atom. The Morgan fingerprint density at radius 1 is 1.08 bits per heavy atom. The van der Waals surface area contributed by atoms with Crippen molar-refractivity contribution in [3.8, 4) is 0 Å². The Hall–Kier alpha value is -1.72. The van der Waals surface area contributed by atoms with Gasteiger partial charge in [0.2, 0.25) is 5.91 Å². The average Bonchev–Trinajstić information content (AvgIpc) is 2.99. The fourth-order valence-electron chi connectivity index (χ4n) is 3.67. The van der Waals surface area contributed by atoms with Crippen LogP contribution in [0.4, 0.5) is 0 Å². The number of nitrogens with zero attached hydrogens (tertiary/aromatic N) is 1. The first-order chi connectivity index (χ1) is 11.6. The van der Waals surface area contributed by atoms with E-state index in [2.05, 4.69) is 0 Å². The largest absolute Gasteiger partial charge is 0.396 e. The molecule has 0 radical (unpaired) electrons. The number of aliphatic hydroxyl groups excluding tert-OH is 2. The molecule has 0 unspecified atom stereocenters. The number of aliphatic hydroxyl groups is 2. The van der Waals surface area contributed by atoms with E-state index >= 15 is 0 Å². The SMILES string of the molecule is O=C(CCC(=O)N1C[C@@H](CO)[C@@H](O)C1)c1ccc2c(c1)CCCC2. The van der Waals surface area contributed by atoms with Crippen molar-refractivity contribution in [2.75, 3.05) is 19.7 Å². The van der Waals surface area contributed by atoms with Crippen molar-refractivity contribution in [3.63, 3.8) is 0 Å². The lowest BCUT2D eigenvalue weighted by molar-refractivity contribution is -0.130. The highest BCUT2D eigenvalue weighted by molar-refractivity contribution is 5.98. The zero-order valence-corrected chi connectivity index (χ0v) is 13.9. The van der Waals surface area contributed by atoms with Crippen LogP contribution in [0.1, 0.15) is 47.2 Å². The van der Waals surface area contributed by atoms with E-state index in [9.17, 15) is 14.7 Å². The van der Waals surface area contributed by atoms with Gasteiger partial charge in [0.25, 0.3) is 0 Å². The number of ketones is 1. The Morgan fingerprint density at radius 3 is 2.54 bits per heavy atom. The van der Waals surface area contributed by atoms with Gasteiger partial charge in [-0.15, -0.1) is 0 Å². The van der Waals surface area contributed by atoms with E-state index in [1.807, 2.05) is 18.2 Å². The summed E-state index contributed by atoms with van der Waals surface area (Å²) in [4.78, 5) is 26.1. The van der Waals surface area contributed by atoms with E-state index in [1.54, 1.807) is 4.90 Å². The minimum absolute atomic E-state index is 0.00447. The molecule has 0 spiro atoms. The minimum atomic E-state index is -0.671. The van der Waals surface area contributed by atoms with Crippen molar-refractivity contribution in [1.82, 2.24) is 4.90 Å². The zero-order valence-electron chi connectivity index (χ0n) is 13.9. The van der Waals surface area contributed by atoms with Crippen LogP contribution in [0.3, 0.4) is 0 Å². The van der Waals surface area contributed by atoms with Gasteiger partial charge in [0, 0.05) is 37.4 Å². The molecule has 3 rings (SSSR count). The maximum absolute atomic E-state index is 12.4. The number of carbonyl (C=O) groups excluding carboxylic acids is 2. The number of benzene rings is 1. The Kier molecular flexibility index (Phi) is 5.31. The maximum atomic E-state index is 12.4. The van der Waals surface area contributed by atoms with Crippen LogP contribution in [0.15, 0.2) is 18.2 Å². The molecule has 0 bridgehead atoms. The summed E-state index contributed by atoms with van der Waals surface area (Å²) >= 11 is 0. The number of Topliss-reactive ketones (excluding diaryl/α,β-unsaturated/α-hetero) is 1. The first kappa shape index (κ1) is 17.1. The third kappa shape index (κ3) is 3.68. The molecular formula is C19H25NO4. The average molecular weight is 331 g/mol. The molecule has 130 valence electrons. The summed E-state index contributed by atoms with van der Waals surface area (Å²) in [5, 5.41) is 18.9. The summed E-state index contributed by atoms with van der Waals surface area (Å²) in [5.41, 5.74) is 3.31. The molecule has 1 aromatic rings. The van der Waals surface area contributed by atoms with E-state index in [0.717, 1.165) is 12.8 Å². The van der Waals surface area contributed by atoms with Crippen molar-refractivity contribution in [2.24, 2.45) is 5.92 Å². The number of hydrogen-bond donors (Lipinski definition) is 2. The van der Waals surface area contributed by atoms with E-state index in [1.165, 1.54) is 24.0 Å². The smallest absolute Gasteiger partial charge is 0.223 e. The van der Waals surface area contributed by atoms with Crippen molar-refractivity contribution in [3.05, 3.63) is 34.9 Å². The maximum Gasteiger partial charge on any atom is 0.223 e. The quantitative estimate of drug-likeness (QED) is 0.798. The highest BCUT2D eigenvalue weighted by Gasteiger charge is 2.33. The van der Waals surface area contributed by atoms with E-state index in [0.29, 0.717) is 12.1 Å². The summed E-state index contributed by atoms with van der Waals surface area (Å²) in [6.07, 6.45) is 4.18. The minimum Gasteiger partial charge on any atom is -0.396 e. The molecule has 1 amide bonds. The molecule has 1 saturated heterocycles. The number of amides is 1. The van der Waals surface area contributed by atoms with Crippen molar-refractivity contribution >= 4 is 11.7 Å². The summed E-state index contributed by atoms with van der Waals surface area (Å²) in [7, 11) is 0. The molecule has 0 saturated carbocycles. The van der Waals surface area contributed by atoms with Crippen LogP contribution >= 0.6 is 0 Å². The second kappa shape index (κ2) is 7.45. The number of carbonyl (C=O) groups is 2. The fourth-order valence-corrected chi connectivity index (χ4v) is 3.67. The lowest BCUT2D eigenvalue weighted by Gasteiger charge is -2.17. The Balaban J connectivity index is 1.55. The first-order valence-electron chi connectivity index (χ1n) is 8.80. The van der Waals surface area contributed by atoms with Gasteiger partial charge in [-0.25, -0.2) is 0 Å². The summed E-state index contributed by atoms with van der Waals surface area (Å²) in [5.74, 6) is -0.406. The third-order valence-corrected chi connectivity index (χ3v) is 5.23. The van der Waals surface area contributed by atoms with Gasteiger partial charge < -0.3 is 15.1 Å². The van der Waals surface area contributed by atoms with Crippen LogP contribution in [0.5, 0.6) is 0 Å². The van der Waals surface area contributed by atoms with E-state index < -0.39 is 6.10 Å². The second-order valence-corrected chi connectivity index (χ2v) is 6.92. The van der Waals surface area contributed by atoms with Crippen molar-refractivity contribution < 1.29 is 19.8 Å². The molecule has 5 heteroatoms. The molecular weight excluding hydrogens is 306 g/mol. The lowest BCUT2D eigenvalue weighted by atomic mass is 9.89. The number of β-amino-alcohol motifs (C(OH)–C–C–N with tert-alkyl or cyclic N) is 1. The van der Waals surface area contributed by atoms with Gasteiger partial charge in [-0.2, -0.15) is 0 Å². The number of fused-ring (bicyclic) bond motifs is 1. The topological polar surface area (TPSA) is 77.8 Å². The molecule has 5 nitrogen and oxygen atoms in total. The van der Waals surface area contributed by atoms with Gasteiger partial charge in [0.1, 0.15) is 0 Å². The second-order valence-electron chi connectivity index (χ2n) is 6.92. The number of likely N-dealkylation sites (tertiary alicyclic amines) is 1. The molecule has 24 heavy (non-hydrogen) atoms. The van der Waals surface area contributed by atoms with Crippen molar-refractivity contribution in [1.29, 1.82) is 0 Å². The van der Waals surface area contributed by atoms with Gasteiger partial charge in [0.05, 0.1) is 12.7 Å². The molecule has 1 heterocycles. The van der Waals surface area contributed by atoms with Crippen LogP contribution in [-0.4, -0.2) is 52.6 Å². The predicted molar refractivity (Wildman–Crippen MR) is 89.8 cm³/mol. The van der Waals surface area contributed by atoms with Crippen molar-refractivity contribution in [2.45, 2.75) is 44.6 Å². The third-order valence-electron chi connectivity index (χ3n) is 5.23. The van der Waals surface area contributed by atoms with Crippen LogP contribution in [0.2, 0.25) is 0 Å². The van der Waals surface area contributed by atoms with E-state index in [4.69, 9.17) is 5.11 Å². The predicted octanol–water partition coefficient (Wildman–Crippen LogP) is 1.34. The standard InChI is InChI=1S/C19H25NO4/c21-12-16-10-20(11-18(16)23)19(24)8-7-17(22)15-6-5-13-3-1-2-4-14(13)9-15/h5-6,9,16,18,21,23H,1-4,7-8,10-12H2/t16-,18-/m0/s1. The van der Waals surface area contributed by atoms with Gasteiger partial charge in [-0.05, 0) is 42.9 Å². The normalized spacial score (nSPS) is 23.2. The summed E-state index contributed by atoms with van der Waals surface area (Å²) < 4.78 is 0. The highest BCUT2D eigenvalue weighted by atomic mass is 16.3. The first-order valence-corrected chi connectivity index (χ1v) is 8.80. The number of rotatable bonds is 5. The Labute approximate surface area is 142 Å². The molecule has 1 fully saturated rings. The molecule has 2 atom stereocenters. The Bertz CT molecular complexity index is 628. The van der Waals surface area contributed by atoms with Crippen LogP contribution in [-0.2, 0) is 17.6 Å². The summed E-state index contributed by atoms with van der Waals surface area (Å²) in [6.45, 7) is 0.486. The summed E-state index contributed by atoms with van der Waals surface area (Å²) in [6, 6.07) is 5.91. The highest BCUT2D eigenvalue weighted by Crippen LogP contribution is 2.23. The molecule has 1 aromatic carbocycles.